The van der Waals surface area contributed by atoms with Gasteiger partial charge in [-0.2, -0.15) is 0 Å². The fourth-order valence-electron chi connectivity index (χ4n) is 2.37. The maximum absolute atomic E-state index is 12.9. The maximum Gasteiger partial charge on any atom is 0.336 e. The fourth-order valence-corrected chi connectivity index (χ4v) is 3.93. The number of anilines is 1. The van der Waals surface area contributed by atoms with Crippen molar-refractivity contribution >= 4 is 21.7 Å². The van der Waals surface area contributed by atoms with Gasteiger partial charge in [-0.15, -0.1) is 0 Å². The summed E-state index contributed by atoms with van der Waals surface area (Å²) in [5.74, 6) is -0.981. The van der Waals surface area contributed by atoms with Gasteiger partial charge in [-0.3, -0.25) is 4.72 Å². The van der Waals surface area contributed by atoms with Crippen molar-refractivity contribution in [3.63, 3.8) is 0 Å². The molecule has 0 amide bonds. The molecular formula is C18H21NO5S. The zero-order valence-corrected chi connectivity index (χ0v) is 14.9. The molecule has 2 unspecified atom stereocenters. The minimum absolute atomic E-state index is 0.0445. The summed E-state index contributed by atoms with van der Waals surface area (Å²) in [6.07, 6.45) is -1.84. The first-order valence-corrected chi connectivity index (χ1v) is 9.37. The Morgan fingerprint density at radius 3 is 2.28 bits per heavy atom. The molecule has 0 bridgehead atoms. The summed E-state index contributed by atoms with van der Waals surface area (Å²) in [5, 5.41) is 8.83. The second kappa shape index (κ2) is 8.13. The molecule has 0 spiro atoms. The molecule has 0 aliphatic heterocycles. The highest BCUT2D eigenvalue weighted by Gasteiger charge is 2.39. The zero-order valence-electron chi connectivity index (χ0n) is 14.0. The summed E-state index contributed by atoms with van der Waals surface area (Å²) in [4.78, 5) is 11.9. The van der Waals surface area contributed by atoms with Gasteiger partial charge in [0.25, 0.3) is 0 Å². The SMILES string of the molecule is CCOC(=O)C(O)C(c1ccccc1)S(=O)(=O)Nc1ccc(C)cc1. The van der Waals surface area contributed by atoms with Gasteiger partial charge in [0, 0.05) is 5.69 Å². The summed E-state index contributed by atoms with van der Waals surface area (Å²) in [6.45, 7) is 3.51. The molecule has 0 heterocycles. The first-order chi connectivity index (χ1) is 11.8. The van der Waals surface area contributed by atoms with Crippen LogP contribution < -0.4 is 4.72 Å². The van der Waals surface area contributed by atoms with E-state index in [1.54, 1.807) is 61.5 Å². The molecule has 2 rings (SSSR count). The first-order valence-electron chi connectivity index (χ1n) is 7.83. The predicted molar refractivity (Wildman–Crippen MR) is 95.5 cm³/mol. The summed E-state index contributed by atoms with van der Waals surface area (Å²) in [7, 11) is -4.10. The Bertz CT molecular complexity index is 803. The third-order valence-corrected chi connectivity index (χ3v) is 5.31. The molecule has 0 radical (unpaired) electrons. The van der Waals surface area contributed by atoms with Gasteiger partial charge < -0.3 is 9.84 Å². The number of sulfonamides is 1. The third-order valence-electron chi connectivity index (χ3n) is 3.59. The van der Waals surface area contributed by atoms with Crippen molar-refractivity contribution in [2.45, 2.75) is 25.2 Å². The Labute approximate surface area is 147 Å². The molecule has 2 N–H and O–H groups in total. The van der Waals surface area contributed by atoms with E-state index in [0.717, 1.165) is 5.56 Å². The largest absolute Gasteiger partial charge is 0.464 e. The molecular weight excluding hydrogens is 342 g/mol. The van der Waals surface area contributed by atoms with Gasteiger partial charge in [0.2, 0.25) is 10.0 Å². The Morgan fingerprint density at radius 1 is 1.12 bits per heavy atom. The number of benzene rings is 2. The molecule has 2 aromatic carbocycles. The number of nitrogens with one attached hydrogen (secondary N) is 1. The van der Waals surface area contributed by atoms with Gasteiger partial charge in [-0.25, -0.2) is 13.2 Å². The molecule has 0 aromatic heterocycles. The van der Waals surface area contributed by atoms with Crippen LogP contribution in [0.25, 0.3) is 0 Å². The number of carbonyl (C=O) groups excluding carboxylic acids is 1. The molecule has 0 aliphatic carbocycles. The van der Waals surface area contributed by atoms with Gasteiger partial charge in [0.05, 0.1) is 6.61 Å². The van der Waals surface area contributed by atoms with Crippen LogP contribution >= 0.6 is 0 Å². The van der Waals surface area contributed by atoms with Crippen LogP contribution in [-0.2, 0) is 19.6 Å². The molecule has 2 aromatic rings. The second-order valence-electron chi connectivity index (χ2n) is 5.54. The lowest BCUT2D eigenvalue weighted by Gasteiger charge is -2.23. The standard InChI is InChI=1S/C18H21NO5S/c1-3-24-18(21)16(20)17(14-7-5-4-6-8-14)25(22,23)19-15-11-9-13(2)10-12-15/h4-12,16-17,19-20H,3H2,1-2H3. The molecule has 7 heteroatoms. The molecule has 0 saturated carbocycles. The van der Waals surface area contributed by atoms with E-state index in [1.165, 1.54) is 0 Å². The number of aryl methyl sites for hydroxylation is 1. The van der Waals surface area contributed by atoms with Crippen molar-refractivity contribution in [3.05, 3.63) is 65.7 Å². The number of carbonyl (C=O) groups is 1. The number of rotatable bonds is 7. The maximum atomic E-state index is 12.9. The van der Waals surface area contributed by atoms with Gasteiger partial charge in [-0.05, 0) is 31.5 Å². The van der Waals surface area contributed by atoms with Gasteiger partial charge >= 0.3 is 5.97 Å². The highest BCUT2D eigenvalue weighted by atomic mass is 32.2. The van der Waals surface area contributed by atoms with Crippen LogP contribution in [0.5, 0.6) is 0 Å². The Kier molecular flexibility index (Phi) is 6.17. The molecule has 0 saturated heterocycles. The number of hydrogen-bond donors (Lipinski definition) is 2. The number of hydrogen-bond acceptors (Lipinski definition) is 5. The average molecular weight is 363 g/mol. The molecule has 25 heavy (non-hydrogen) atoms. The topological polar surface area (TPSA) is 92.7 Å². The van der Waals surface area contributed by atoms with Crippen LogP contribution in [0.15, 0.2) is 54.6 Å². The van der Waals surface area contributed by atoms with E-state index in [2.05, 4.69) is 4.72 Å². The van der Waals surface area contributed by atoms with E-state index in [0.29, 0.717) is 11.3 Å². The summed E-state index contributed by atoms with van der Waals surface area (Å²) < 4.78 is 32.9. The highest BCUT2D eigenvalue weighted by molar-refractivity contribution is 7.93. The number of ether oxygens (including phenoxy) is 1. The highest BCUT2D eigenvalue weighted by Crippen LogP contribution is 2.29. The lowest BCUT2D eigenvalue weighted by Crippen LogP contribution is -2.37. The Balaban J connectivity index is 2.39. The molecule has 2 atom stereocenters. The normalized spacial score (nSPS) is 13.7. The third kappa shape index (κ3) is 4.80. The van der Waals surface area contributed by atoms with Crippen molar-refractivity contribution in [1.82, 2.24) is 0 Å². The first kappa shape index (κ1) is 19.0. The summed E-state index contributed by atoms with van der Waals surface area (Å²) in [5.41, 5.74) is 1.62. The van der Waals surface area contributed by atoms with E-state index in [4.69, 9.17) is 4.74 Å². The fraction of sp³-hybridized carbons (Fsp3) is 0.278. The number of aliphatic hydroxyl groups excluding tert-OH is 1. The van der Waals surface area contributed by atoms with Crippen molar-refractivity contribution in [2.75, 3.05) is 11.3 Å². The number of aliphatic hydroxyl groups is 1. The summed E-state index contributed by atoms with van der Waals surface area (Å²) >= 11 is 0. The van der Waals surface area contributed by atoms with Gasteiger partial charge in [-0.1, -0.05) is 48.0 Å². The van der Waals surface area contributed by atoms with Gasteiger partial charge in [0.15, 0.2) is 6.10 Å². The van der Waals surface area contributed by atoms with Crippen LogP contribution in [0, 0.1) is 6.92 Å². The van der Waals surface area contributed by atoms with Crippen LogP contribution in [-0.4, -0.2) is 32.2 Å². The Hall–Kier alpha value is -2.38. The minimum atomic E-state index is -4.10. The van der Waals surface area contributed by atoms with E-state index < -0.39 is 27.3 Å². The minimum Gasteiger partial charge on any atom is -0.464 e. The monoisotopic (exact) mass is 363 g/mol. The Morgan fingerprint density at radius 2 is 1.72 bits per heavy atom. The van der Waals surface area contributed by atoms with E-state index >= 15 is 0 Å². The van der Waals surface area contributed by atoms with Gasteiger partial charge in [0.1, 0.15) is 5.25 Å². The molecule has 6 nitrogen and oxygen atoms in total. The van der Waals surface area contributed by atoms with Crippen LogP contribution in [0.4, 0.5) is 5.69 Å². The zero-order chi connectivity index (χ0) is 18.4. The van der Waals surface area contributed by atoms with E-state index in [-0.39, 0.29) is 6.61 Å². The quantitative estimate of drug-likeness (QED) is 0.737. The lowest BCUT2D eigenvalue weighted by atomic mass is 10.1. The molecule has 134 valence electrons. The van der Waals surface area contributed by atoms with Crippen molar-refractivity contribution in [2.24, 2.45) is 0 Å². The second-order valence-corrected chi connectivity index (χ2v) is 7.34. The van der Waals surface area contributed by atoms with Crippen molar-refractivity contribution < 1.29 is 23.1 Å². The van der Waals surface area contributed by atoms with Crippen molar-refractivity contribution in [3.8, 4) is 0 Å². The van der Waals surface area contributed by atoms with E-state index in [9.17, 15) is 18.3 Å². The van der Waals surface area contributed by atoms with Crippen LogP contribution in [0.3, 0.4) is 0 Å². The van der Waals surface area contributed by atoms with Crippen LogP contribution in [0.2, 0.25) is 0 Å². The number of esters is 1. The summed E-state index contributed by atoms with van der Waals surface area (Å²) in [6, 6.07) is 14.8. The predicted octanol–water partition coefficient (Wildman–Crippen LogP) is 2.40. The van der Waals surface area contributed by atoms with Crippen molar-refractivity contribution in [1.29, 1.82) is 0 Å². The van der Waals surface area contributed by atoms with Crippen LogP contribution in [0.1, 0.15) is 23.3 Å². The lowest BCUT2D eigenvalue weighted by molar-refractivity contribution is -0.153. The smallest absolute Gasteiger partial charge is 0.336 e. The average Bonchev–Trinajstić information content (AvgIpc) is 2.58. The molecule has 0 fully saturated rings. The van der Waals surface area contributed by atoms with E-state index in [1.807, 2.05) is 6.92 Å². The molecule has 0 aliphatic rings.